The van der Waals surface area contributed by atoms with Gasteiger partial charge in [-0.3, -0.25) is 0 Å². The molecule has 1 aromatic rings. The van der Waals surface area contributed by atoms with Gasteiger partial charge >= 0.3 is 0 Å². The fraction of sp³-hybridized carbons (Fsp3) is 0.500. The summed E-state index contributed by atoms with van der Waals surface area (Å²) < 4.78 is 5.00. The second kappa shape index (κ2) is 5.57. The van der Waals surface area contributed by atoms with Crippen molar-refractivity contribution >= 4 is 0 Å². The molecule has 0 spiro atoms. The van der Waals surface area contributed by atoms with Crippen LogP contribution in [-0.2, 0) is 13.0 Å². The summed E-state index contributed by atoms with van der Waals surface area (Å²) in [6, 6.07) is 3.76. The number of aliphatic hydroxyl groups is 1. The summed E-state index contributed by atoms with van der Waals surface area (Å²) in [5, 5.41) is 8.72. The van der Waals surface area contributed by atoms with Crippen LogP contribution in [0.15, 0.2) is 12.1 Å². The Labute approximate surface area is 83.7 Å². The molecule has 0 radical (unpaired) electrons. The molecule has 0 aliphatic rings. The molecule has 0 unspecified atom stereocenters. The number of nitrogens with two attached hydrogens (primary N) is 1. The molecule has 0 bridgehead atoms. The second-order valence-corrected chi connectivity index (χ2v) is 2.99. The summed E-state index contributed by atoms with van der Waals surface area (Å²) >= 11 is 0. The predicted octanol–water partition coefficient (Wildman–Crippen LogP) is 0.474. The van der Waals surface area contributed by atoms with Crippen LogP contribution in [0.5, 0.6) is 5.88 Å². The molecule has 0 aliphatic heterocycles. The van der Waals surface area contributed by atoms with Gasteiger partial charge in [0.25, 0.3) is 0 Å². The van der Waals surface area contributed by atoms with Crippen LogP contribution in [0.25, 0.3) is 0 Å². The molecular weight excluding hydrogens is 180 g/mol. The van der Waals surface area contributed by atoms with E-state index in [1.807, 2.05) is 12.1 Å². The van der Waals surface area contributed by atoms with Crippen LogP contribution >= 0.6 is 0 Å². The van der Waals surface area contributed by atoms with E-state index in [9.17, 15) is 0 Å². The Morgan fingerprint density at radius 2 is 2.29 bits per heavy atom. The lowest BCUT2D eigenvalue weighted by Gasteiger charge is -2.07. The van der Waals surface area contributed by atoms with E-state index in [0.29, 0.717) is 12.4 Å². The van der Waals surface area contributed by atoms with Gasteiger partial charge < -0.3 is 15.6 Å². The van der Waals surface area contributed by atoms with Gasteiger partial charge in [-0.15, -0.1) is 0 Å². The van der Waals surface area contributed by atoms with Gasteiger partial charge in [0.15, 0.2) is 0 Å². The van der Waals surface area contributed by atoms with Crippen molar-refractivity contribution in [2.45, 2.75) is 19.4 Å². The zero-order valence-electron chi connectivity index (χ0n) is 8.36. The van der Waals surface area contributed by atoms with Crippen molar-refractivity contribution in [1.29, 1.82) is 0 Å². The van der Waals surface area contributed by atoms with Crippen LogP contribution in [0, 0.1) is 0 Å². The molecule has 0 fully saturated rings. The molecule has 0 aromatic carbocycles. The molecule has 78 valence electrons. The van der Waals surface area contributed by atoms with Crippen molar-refractivity contribution in [3.8, 4) is 5.88 Å². The first-order valence-electron chi connectivity index (χ1n) is 4.65. The normalized spacial score (nSPS) is 10.2. The number of methoxy groups -OCH3 is 1. The monoisotopic (exact) mass is 196 g/mol. The molecule has 0 atom stereocenters. The van der Waals surface area contributed by atoms with Gasteiger partial charge in [-0.25, -0.2) is 4.98 Å². The largest absolute Gasteiger partial charge is 0.481 e. The van der Waals surface area contributed by atoms with Crippen molar-refractivity contribution in [2.24, 2.45) is 5.73 Å². The number of ether oxygens (including phenoxy) is 1. The van der Waals surface area contributed by atoms with Gasteiger partial charge in [0.2, 0.25) is 5.88 Å². The third kappa shape index (κ3) is 2.68. The summed E-state index contributed by atoms with van der Waals surface area (Å²) in [5.74, 6) is 0.582. The van der Waals surface area contributed by atoms with Crippen molar-refractivity contribution in [3.63, 3.8) is 0 Å². The summed E-state index contributed by atoms with van der Waals surface area (Å²) in [6.45, 7) is 0.591. The van der Waals surface area contributed by atoms with Crippen LogP contribution in [0.4, 0.5) is 0 Å². The number of hydrogen-bond donors (Lipinski definition) is 2. The fourth-order valence-corrected chi connectivity index (χ4v) is 1.30. The van der Waals surface area contributed by atoms with Gasteiger partial charge in [0.05, 0.1) is 12.8 Å². The Balaban J connectivity index is 2.82. The zero-order valence-corrected chi connectivity index (χ0v) is 8.36. The van der Waals surface area contributed by atoms with Crippen LogP contribution in [0.1, 0.15) is 17.7 Å². The summed E-state index contributed by atoms with van der Waals surface area (Å²) in [6.07, 6.45) is 1.54. The van der Waals surface area contributed by atoms with Gasteiger partial charge in [0.1, 0.15) is 0 Å². The molecule has 0 aliphatic carbocycles. The lowest BCUT2D eigenvalue weighted by molar-refractivity contribution is 0.288. The maximum atomic E-state index is 8.72. The number of aryl methyl sites for hydroxylation is 1. The standard InChI is InChI=1S/C10H16N2O2/c1-14-10-5-4-8(3-2-6-13)9(7-11)12-10/h4-5,13H,2-3,6-7,11H2,1H3. The van der Waals surface area contributed by atoms with Crippen LogP contribution in [0.3, 0.4) is 0 Å². The zero-order chi connectivity index (χ0) is 10.4. The van der Waals surface area contributed by atoms with Crippen LogP contribution < -0.4 is 10.5 Å². The smallest absolute Gasteiger partial charge is 0.213 e. The number of aromatic nitrogens is 1. The molecule has 14 heavy (non-hydrogen) atoms. The average Bonchev–Trinajstić information content (AvgIpc) is 2.26. The van der Waals surface area contributed by atoms with E-state index < -0.39 is 0 Å². The third-order valence-corrected chi connectivity index (χ3v) is 2.05. The van der Waals surface area contributed by atoms with Crippen LogP contribution in [-0.4, -0.2) is 23.8 Å². The SMILES string of the molecule is COc1ccc(CCCO)c(CN)n1. The molecule has 0 amide bonds. The summed E-state index contributed by atoms with van der Waals surface area (Å²) in [4.78, 5) is 4.23. The molecule has 3 N–H and O–H groups in total. The lowest BCUT2D eigenvalue weighted by Crippen LogP contribution is -2.06. The highest BCUT2D eigenvalue weighted by atomic mass is 16.5. The number of nitrogens with zero attached hydrogens (tertiary/aromatic N) is 1. The Morgan fingerprint density at radius 1 is 1.50 bits per heavy atom. The minimum Gasteiger partial charge on any atom is -0.481 e. The molecule has 0 saturated heterocycles. The van der Waals surface area contributed by atoms with Crippen molar-refractivity contribution in [1.82, 2.24) is 4.98 Å². The van der Waals surface area contributed by atoms with Gasteiger partial charge in [0, 0.05) is 19.2 Å². The van der Waals surface area contributed by atoms with Gasteiger partial charge in [-0.1, -0.05) is 6.07 Å². The van der Waals surface area contributed by atoms with E-state index in [2.05, 4.69) is 4.98 Å². The number of hydrogen-bond acceptors (Lipinski definition) is 4. The number of rotatable bonds is 5. The Bertz CT molecular complexity index is 289. The van der Waals surface area contributed by atoms with Crippen molar-refractivity contribution in [2.75, 3.05) is 13.7 Å². The van der Waals surface area contributed by atoms with E-state index in [4.69, 9.17) is 15.6 Å². The van der Waals surface area contributed by atoms with Crippen LogP contribution in [0.2, 0.25) is 0 Å². The first kappa shape index (κ1) is 10.9. The molecular formula is C10H16N2O2. The lowest BCUT2D eigenvalue weighted by atomic mass is 10.1. The second-order valence-electron chi connectivity index (χ2n) is 2.99. The molecule has 4 heteroatoms. The maximum absolute atomic E-state index is 8.72. The Kier molecular flexibility index (Phi) is 4.35. The van der Waals surface area contributed by atoms with E-state index in [1.165, 1.54) is 0 Å². The quantitative estimate of drug-likeness (QED) is 0.718. The van der Waals surface area contributed by atoms with E-state index >= 15 is 0 Å². The fourth-order valence-electron chi connectivity index (χ4n) is 1.30. The predicted molar refractivity (Wildman–Crippen MR) is 54.1 cm³/mol. The van der Waals surface area contributed by atoms with E-state index in [-0.39, 0.29) is 6.61 Å². The number of pyridine rings is 1. The highest BCUT2D eigenvalue weighted by Crippen LogP contribution is 2.13. The maximum Gasteiger partial charge on any atom is 0.213 e. The highest BCUT2D eigenvalue weighted by molar-refractivity contribution is 5.25. The topological polar surface area (TPSA) is 68.4 Å². The van der Waals surface area contributed by atoms with Crippen molar-refractivity contribution in [3.05, 3.63) is 23.4 Å². The van der Waals surface area contributed by atoms with Crippen molar-refractivity contribution < 1.29 is 9.84 Å². The van der Waals surface area contributed by atoms with Gasteiger partial charge in [-0.2, -0.15) is 0 Å². The highest BCUT2D eigenvalue weighted by Gasteiger charge is 2.04. The Morgan fingerprint density at radius 3 is 2.86 bits per heavy atom. The molecule has 1 aromatic heterocycles. The third-order valence-electron chi connectivity index (χ3n) is 2.05. The minimum absolute atomic E-state index is 0.191. The molecule has 0 saturated carbocycles. The Hall–Kier alpha value is -1.13. The van der Waals surface area contributed by atoms with E-state index in [0.717, 1.165) is 24.1 Å². The number of aliphatic hydroxyl groups excluding tert-OH is 1. The summed E-state index contributed by atoms with van der Waals surface area (Å²) in [7, 11) is 1.58. The first-order chi connectivity index (χ1) is 6.81. The first-order valence-corrected chi connectivity index (χ1v) is 4.65. The summed E-state index contributed by atoms with van der Waals surface area (Å²) in [5.41, 5.74) is 7.50. The minimum atomic E-state index is 0.191. The molecule has 1 heterocycles. The molecule has 1 rings (SSSR count). The van der Waals surface area contributed by atoms with Gasteiger partial charge in [-0.05, 0) is 18.4 Å². The average molecular weight is 196 g/mol. The van der Waals surface area contributed by atoms with E-state index in [1.54, 1.807) is 7.11 Å². The molecule has 4 nitrogen and oxygen atoms in total.